The third-order valence-corrected chi connectivity index (χ3v) is 7.58. The number of piperidine rings is 1. The molecule has 1 heteroatoms. The van der Waals surface area contributed by atoms with Crippen LogP contribution >= 0.6 is 0 Å². The first-order chi connectivity index (χ1) is 13.9. The fourth-order valence-electron chi connectivity index (χ4n) is 6.55. The van der Waals surface area contributed by atoms with E-state index in [1.54, 1.807) is 11.1 Å². The number of rotatable bonds is 2. The highest BCUT2D eigenvalue weighted by molar-refractivity contribution is 5.65. The lowest BCUT2D eigenvalue weighted by Crippen LogP contribution is -2.51. The van der Waals surface area contributed by atoms with Crippen molar-refractivity contribution in [2.45, 2.75) is 49.6 Å². The van der Waals surface area contributed by atoms with Gasteiger partial charge in [0, 0.05) is 17.6 Å². The van der Waals surface area contributed by atoms with Crippen molar-refractivity contribution in [2.75, 3.05) is 4.90 Å². The average molecular weight is 366 g/mol. The lowest BCUT2D eigenvalue weighted by Gasteiger charge is -2.52. The summed E-state index contributed by atoms with van der Waals surface area (Å²) >= 11 is 0. The molecule has 2 heterocycles. The lowest BCUT2D eigenvalue weighted by molar-refractivity contribution is 0.176. The Bertz CT molecular complexity index is 964. The summed E-state index contributed by atoms with van der Waals surface area (Å²) < 4.78 is 0. The molecule has 0 bridgehead atoms. The van der Waals surface area contributed by atoms with Crippen LogP contribution in [0.15, 0.2) is 84.9 Å². The highest BCUT2D eigenvalue weighted by Gasteiger charge is 2.53. The zero-order valence-electron chi connectivity index (χ0n) is 16.2. The van der Waals surface area contributed by atoms with Crippen LogP contribution in [0.2, 0.25) is 0 Å². The highest BCUT2D eigenvalue weighted by atomic mass is 15.2. The van der Waals surface area contributed by atoms with Gasteiger partial charge in [-0.25, -0.2) is 0 Å². The summed E-state index contributed by atoms with van der Waals surface area (Å²) in [6.45, 7) is 0. The van der Waals surface area contributed by atoms with Gasteiger partial charge in [-0.05, 0) is 53.9 Å². The SMILES string of the molecule is c1ccc([C@H]2C[C@@H](c3ccccc3)[C@@H]3CCC[C@H]4c5ccccc5N2[C@@H]34)cc1. The largest absolute Gasteiger partial charge is 0.360 e. The Hall–Kier alpha value is -2.54. The molecule has 140 valence electrons. The van der Waals surface area contributed by atoms with E-state index in [4.69, 9.17) is 0 Å². The van der Waals surface area contributed by atoms with Crippen LogP contribution in [0.5, 0.6) is 0 Å². The molecule has 0 aromatic heterocycles. The van der Waals surface area contributed by atoms with Crippen LogP contribution in [0.1, 0.15) is 60.3 Å². The molecule has 5 atom stereocenters. The van der Waals surface area contributed by atoms with E-state index in [0.29, 0.717) is 23.9 Å². The van der Waals surface area contributed by atoms with E-state index in [1.165, 1.54) is 36.9 Å². The van der Waals surface area contributed by atoms with E-state index >= 15 is 0 Å². The summed E-state index contributed by atoms with van der Waals surface area (Å²) in [6, 6.07) is 33.0. The second-order valence-electron chi connectivity index (χ2n) is 8.84. The molecule has 3 aromatic rings. The van der Waals surface area contributed by atoms with Gasteiger partial charge in [0.25, 0.3) is 0 Å². The van der Waals surface area contributed by atoms with Crippen LogP contribution in [-0.2, 0) is 0 Å². The number of anilines is 1. The Morgan fingerprint density at radius 1 is 0.643 bits per heavy atom. The third kappa shape index (κ3) is 2.38. The van der Waals surface area contributed by atoms with E-state index in [9.17, 15) is 0 Å². The van der Waals surface area contributed by atoms with Crippen molar-refractivity contribution in [2.24, 2.45) is 5.92 Å². The molecule has 1 nitrogen and oxygen atoms in total. The van der Waals surface area contributed by atoms with E-state index in [-0.39, 0.29) is 0 Å². The summed E-state index contributed by atoms with van der Waals surface area (Å²) in [6.07, 6.45) is 5.30. The monoisotopic (exact) mass is 365 g/mol. The molecule has 2 fully saturated rings. The third-order valence-electron chi connectivity index (χ3n) is 7.58. The normalized spacial score (nSPS) is 30.6. The smallest absolute Gasteiger partial charge is 0.0551 e. The van der Waals surface area contributed by atoms with E-state index in [0.717, 1.165) is 5.92 Å². The van der Waals surface area contributed by atoms with Gasteiger partial charge in [0.2, 0.25) is 0 Å². The fraction of sp³-hybridized carbons (Fsp3) is 0.333. The summed E-state index contributed by atoms with van der Waals surface area (Å²) in [7, 11) is 0. The first-order valence-electron chi connectivity index (χ1n) is 10.9. The van der Waals surface area contributed by atoms with Gasteiger partial charge in [0.05, 0.1) is 6.04 Å². The van der Waals surface area contributed by atoms with E-state index < -0.39 is 0 Å². The molecule has 0 amide bonds. The maximum Gasteiger partial charge on any atom is 0.0551 e. The molecule has 3 aromatic carbocycles. The zero-order valence-corrected chi connectivity index (χ0v) is 16.2. The van der Waals surface area contributed by atoms with Crippen molar-refractivity contribution in [1.29, 1.82) is 0 Å². The number of para-hydroxylation sites is 1. The van der Waals surface area contributed by atoms with Gasteiger partial charge in [0.15, 0.2) is 0 Å². The van der Waals surface area contributed by atoms with Gasteiger partial charge < -0.3 is 4.90 Å². The molecule has 0 N–H and O–H groups in total. The quantitative estimate of drug-likeness (QED) is 0.489. The van der Waals surface area contributed by atoms with Crippen molar-refractivity contribution in [3.05, 3.63) is 102 Å². The molecule has 6 rings (SSSR count). The Morgan fingerprint density at radius 2 is 1.32 bits per heavy atom. The predicted molar refractivity (Wildman–Crippen MR) is 116 cm³/mol. The molecular formula is C27H27N. The number of hydrogen-bond acceptors (Lipinski definition) is 1. The van der Waals surface area contributed by atoms with Gasteiger partial charge in [0.1, 0.15) is 0 Å². The van der Waals surface area contributed by atoms with Crippen molar-refractivity contribution in [3.8, 4) is 0 Å². The first kappa shape index (κ1) is 16.4. The predicted octanol–water partition coefficient (Wildman–Crippen LogP) is 6.69. The molecule has 0 spiro atoms. The van der Waals surface area contributed by atoms with Gasteiger partial charge >= 0.3 is 0 Å². The average Bonchev–Trinajstić information content (AvgIpc) is 3.12. The Morgan fingerprint density at radius 3 is 2.11 bits per heavy atom. The summed E-state index contributed by atoms with van der Waals surface area (Å²) in [4.78, 5) is 2.83. The van der Waals surface area contributed by atoms with Crippen LogP contribution in [0.4, 0.5) is 5.69 Å². The van der Waals surface area contributed by atoms with Crippen LogP contribution in [0.3, 0.4) is 0 Å². The molecular weight excluding hydrogens is 338 g/mol. The topological polar surface area (TPSA) is 3.24 Å². The Balaban J connectivity index is 1.52. The standard InChI is InChI=1S/C27H27N/c1-3-10-19(11-4-1)24-18-26(20-12-5-2-6-13-20)28-25-17-8-7-14-21(25)22-15-9-16-23(24)27(22)28/h1-8,10-14,17,22-24,26-27H,9,15-16,18H2/t22-,23-,24-,26+,27+/m0/s1. The highest BCUT2D eigenvalue weighted by Crippen LogP contribution is 2.60. The second kappa shape index (κ2) is 6.51. The molecule has 2 aliphatic heterocycles. The van der Waals surface area contributed by atoms with Gasteiger partial charge in [-0.2, -0.15) is 0 Å². The summed E-state index contributed by atoms with van der Waals surface area (Å²) in [5.41, 5.74) is 6.13. The minimum Gasteiger partial charge on any atom is -0.360 e. The molecule has 0 radical (unpaired) electrons. The molecule has 1 saturated carbocycles. The molecule has 1 aliphatic carbocycles. The van der Waals surface area contributed by atoms with Crippen LogP contribution in [0.25, 0.3) is 0 Å². The number of benzene rings is 3. The summed E-state index contributed by atoms with van der Waals surface area (Å²) in [5.74, 6) is 2.12. The number of fused-ring (bicyclic) bond motifs is 3. The number of hydrogen-bond donors (Lipinski definition) is 0. The van der Waals surface area contributed by atoms with Crippen LogP contribution in [0, 0.1) is 5.92 Å². The minimum atomic E-state index is 0.469. The minimum absolute atomic E-state index is 0.469. The molecule has 28 heavy (non-hydrogen) atoms. The Kier molecular flexibility index (Phi) is 3.82. The lowest BCUT2D eigenvalue weighted by atomic mass is 9.64. The first-order valence-corrected chi connectivity index (χ1v) is 10.9. The van der Waals surface area contributed by atoms with Crippen LogP contribution in [-0.4, -0.2) is 6.04 Å². The fourth-order valence-corrected chi connectivity index (χ4v) is 6.55. The maximum absolute atomic E-state index is 2.83. The molecule has 1 saturated heterocycles. The van der Waals surface area contributed by atoms with Crippen molar-refractivity contribution < 1.29 is 0 Å². The van der Waals surface area contributed by atoms with Gasteiger partial charge in [-0.3, -0.25) is 0 Å². The van der Waals surface area contributed by atoms with E-state index in [1.807, 2.05) is 0 Å². The molecule has 3 aliphatic rings. The second-order valence-corrected chi connectivity index (χ2v) is 8.84. The van der Waals surface area contributed by atoms with Crippen LogP contribution < -0.4 is 4.90 Å². The van der Waals surface area contributed by atoms with Gasteiger partial charge in [-0.15, -0.1) is 0 Å². The van der Waals surface area contributed by atoms with Gasteiger partial charge in [-0.1, -0.05) is 85.3 Å². The number of nitrogens with zero attached hydrogens (tertiary/aromatic N) is 1. The zero-order chi connectivity index (χ0) is 18.5. The maximum atomic E-state index is 2.83. The van der Waals surface area contributed by atoms with Crippen molar-refractivity contribution >= 4 is 5.69 Å². The summed E-state index contributed by atoms with van der Waals surface area (Å²) in [5, 5.41) is 0. The Labute approximate surface area is 168 Å². The van der Waals surface area contributed by atoms with Crippen molar-refractivity contribution in [3.63, 3.8) is 0 Å². The van der Waals surface area contributed by atoms with Crippen molar-refractivity contribution in [1.82, 2.24) is 0 Å². The van der Waals surface area contributed by atoms with E-state index in [2.05, 4.69) is 89.8 Å². The molecule has 0 unspecified atom stereocenters.